The molecule has 20 heavy (non-hydrogen) atoms. The average Bonchev–Trinajstić information content (AvgIpc) is 2.34. The van der Waals surface area contributed by atoms with Gasteiger partial charge in [0.05, 0.1) is 15.9 Å². The molecular formula is C8H4F3N3O6. The SMILES string of the molecule is O=C(NOc1ccc([N+](=O)[O-])cc1[N+](=O)[O-])C(F)(F)F. The Morgan fingerprint density at radius 1 is 1.20 bits per heavy atom. The zero-order valence-corrected chi connectivity index (χ0v) is 9.21. The van der Waals surface area contributed by atoms with Crippen LogP contribution in [0.5, 0.6) is 5.75 Å². The summed E-state index contributed by atoms with van der Waals surface area (Å²) in [6.45, 7) is 0. The summed E-state index contributed by atoms with van der Waals surface area (Å²) in [7, 11) is 0. The molecule has 1 rings (SSSR count). The highest BCUT2D eigenvalue weighted by molar-refractivity contribution is 5.80. The first kappa shape index (κ1) is 15.1. The van der Waals surface area contributed by atoms with Crippen LogP contribution in [-0.2, 0) is 4.79 Å². The lowest BCUT2D eigenvalue weighted by molar-refractivity contribution is -0.394. The van der Waals surface area contributed by atoms with E-state index in [9.17, 15) is 38.2 Å². The smallest absolute Gasteiger partial charge is 0.372 e. The molecule has 108 valence electrons. The van der Waals surface area contributed by atoms with Gasteiger partial charge in [-0.3, -0.25) is 25.0 Å². The quantitative estimate of drug-likeness (QED) is 0.662. The number of nitro benzene ring substituents is 2. The van der Waals surface area contributed by atoms with Gasteiger partial charge >= 0.3 is 17.8 Å². The summed E-state index contributed by atoms with van der Waals surface area (Å²) in [5, 5.41) is 21.0. The maximum absolute atomic E-state index is 11.9. The highest BCUT2D eigenvalue weighted by Crippen LogP contribution is 2.30. The van der Waals surface area contributed by atoms with Crippen molar-refractivity contribution in [2.45, 2.75) is 6.18 Å². The summed E-state index contributed by atoms with van der Waals surface area (Å²) in [6.07, 6.45) is -5.24. The molecule has 0 atom stereocenters. The van der Waals surface area contributed by atoms with E-state index in [1.165, 1.54) is 0 Å². The predicted molar refractivity (Wildman–Crippen MR) is 54.6 cm³/mol. The molecule has 0 bridgehead atoms. The number of nitro groups is 2. The summed E-state index contributed by atoms with van der Waals surface area (Å²) >= 11 is 0. The number of rotatable bonds is 4. The molecule has 0 unspecified atom stereocenters. The molecule has 0 aliphatic heterocycles. The molecule has 0 aliphatic carbocycles. The summed E-state index contributed by atoms with van der Waals surface area (Å²) in [5.74, 6) is -3.26. The summed E-state index contributed by atoms with van der Waals surface area (Å²) in [6, 6.07) is 1.93. The van der Waals surface area contributed by atoms with Crippen LogP contribution in [-0.4, -0.2) is 21.9 Å². The summed E-state index contributed by atoms with van der Waals surface area (Å²) < 4.78 is 35.6. The molecule has 0 spiro atoms. The molecule has 1 aromatic carbocycles. The molecule has 1 aromatic rings. The Labute approximate surface area is 107 Å². The van der Waals surface area contributed by atoms with Gasteiger partial charge in [-0.25, -0.2) is 0 Å². The van der Waals surface area contributed by atoms with Crippen LogP contribution in [0.25, 0.3) is 0 Å². The number of amides is 1. The second kappa shape index (κ2) is 5.38. The fraction of sp³-hybridized carbons (Fsp3) is 0.125. The molecular weight excluding hydrogens is 291 g/mol. The summed E-state index contributed by atoms with van der Waals surface area (Å²) in [5.41, 5.74) is -0.687. The number of hydrogen-bond acceptors (Lipinski definition) is 6. The standard InChI is InChI=1S/C8H4F3N3O6/c9-8(10,11)7(15)12-20-6-2-1-4(13(16)17)3-5(6)14(18)19/h1-3H,(H,12,15). The second-order valence-electron chi connectivity index (χ2n) is 3.20. The zero-order valence-electron chi connectivity index (χ0n) is 9.21. The van der Waals surface area contributed by atoms with E-state index in [2.05, 4.69) is 4.84 Å². The Kier molecular flexibility index (Phi) is 4.07. The number of carbonyl (C=O) groups excluding carboxylic acids is 1. The Bertz CT molecular complexity index is 573. The first-order valence-electron chi connectivity index (χ1n) is 4.59. The molecule has 1 N–H and O–H groups in total. The third-order valence-electron chi connectivity index (χ3n) is 1.86. The van der Waals surface area contributed by atoms with Crippen molar-refractivity contribution in [1.82, 2.24) is 5.48 Å². The molecule has 0 aromatic heterocycles. The number of nitrogens with zero attached hydrogens (tertiary/aromatic N) is 2. The van der Waals surface area contributed by atoms with E-state index in [-0.39, 0.29) is 0 Å². The van der Waals surface area contributed by atoms with Crippen molar-refractivity contribution in [2.24, 2.45) is 0 Å². The molecule has 12 heteroatoms. The van der Waals surface area contributed by atoms with Crippen molar-refractivity contribution < 1.29 is 32.6 Å². The minimum atomic E-state index is -5.24. The maximum Gasteiger partial charge on any atom is 0.474 e. The van der Waals surface area contributed by atoms with Gasteiger partial charge in [0, 0.05) is 6.07 Å². The van der Waals surface area contributed by atoms with E-state index >= 15 is 0 Å². The van der Waals surface area contributed by atoms with E-state index < -0.39 is 39.1 Å². The highest BCUT2D eigenvalue weighted by atomic mass is 19.4. The number of alkyl halides is 3. The topological polar surface area (TPSA) is 125 Å². The van der Waals surface area contributed by atoms with E-state index in [0.29, 0.717) is 12.1 Å². The molecule has 1 amide bonds. The third-order valence-corrected chi connectivity index (χ3v) is 1.86. The highest BCUT2D eigenvalue weighted by Gasteiger charge is 2.39. The lowest BCUT2D eigenvalue weighted by atomic mass is 10.2. The van der Waals surface area contributed by atoms with Crippen LogP contribution in [0.15, 0.2) is 18.2 Å². The van der Waals surface area contributed by atoms with E-state index in [1.807, 2.05) is 0 Å². The van der Waals surface area contributed by atoms with Crippen LogP contribution in [0.3, 0.4) is 0 Å². The van der Waals surface area contributed by atoms with E-state index in [1.54, 1.807) is 0 Å². The molecule has 9 nitrogen and oxygen atoms in total. The number of halogens is 3. The molecule has 0 fully saturated rings. The lowest BCUT2D eigenvalue weighted by Gasteiger charge is -2.08. The van der Waals surface area contributed by atoms with Crippen molar-refractivity contribution in [3.05, 3.63) is 38.4 Å². The minimum Gasteiger partial charge on any atom is -0.372 e. The van der Waals surface area contributed by atoms with Crippen molar-refractivity contribution in [3.63, 3.8) is 0 Å². The summed E-state index contributed by atoms with van der Waals surface area (Å²) in [4.78, 5) is 33.6. The molecule has 0 saturated carbocycles. The molecule has 0 saturated heterocycles. The number of hydrogen-bond donors (Lipinski definition) is 1. The Morgan fingerprint density at radius 3 is 2.25 bits per heavy atom. The third kappa shape index (κ3) is 3.54. The number of carbonyl (C=O) groups is 1. The number of benzene rings is 1. The van der Waals surface area contributed by atoms with Crippen LogP contribution in [0.4, 0.5) is 24.5 Å². The Balaban J connectivity index is 2.98. The largest absolute Gasteiger partial charge is 0.474 e. The predicted octanol–water partition coefficient (Wildman–Crippen LogP) is 1.48. The molecule has 0 heterocycles. The lowest BCUT2D eigenvalue weighted by Crippen LogP contribution is -2.38. The van der Waals surface area contributed by atoms with Gasteiger partial charge in [-0.1, -0.05) is 0 Å². The Hall–Kier alpha value is -2.92. The van der Waals surface area contributed by atoms with Crippen molar-refractivity contribution >= 4 is 17.3 Å². The van der Waals surface area contributed by atoms with Crippen molar-refractivity contribution in [2.75, 3.05) is 0 Å². The van der Waals surface area contributed by atoms with Crippen LogP contribution in [0, 0.1) is 20.2 Å². The monoisotopic (exact) mass is 295 g/mol. The van der Waals surface area contributed by atoms with Gasteiger partial charge in [-0.2, -0.15) is 18.7 Å². The van der Waals surface area contributed by atoms with Gasteiger partial charge in [0.1, 0.15) is 0 Å². The van der Waals surface area contributed by atoms with Gasteiger partial charge in [-0.15, -0.1) is 0 Å². The Morgan fingerprint density at radius 2 is 1.80 bits per heavy atom. The fourth-order valence-electron chi connectivity index (χ4n) is 1.01. The number of non-ortho nitro benzene ring substituents is 1. The maximum atomic E-state index is 11.9. The van der Waals surface area contributed by atoms with Crippen LogP contribution in [0.1, 0.15) is 0 Å². The van der Waals surface area contributed by atoms with Gasteiger partial charge in [0.2, 0.25) is 5.75 Å². The van der Waals surface area contributed by atoms with Gasteiger partial charge in [-0.05, 0) is 6.07 Å². The first-order valence-corrected chi connectivity index (χ1v) is 4.59. The zero-order chi connectivity index (χ0) is 15.5. The molecule has 0 aliphatic rings. The average molecular weight is 295 g/mol. The number of hydroxylamine groups is 1. The van der Waals surface area contributed by atoms with Gasteiger partial charge < -0.3 is 4.84 Å². The van der Waals surface area contributed by atoms with Crippen LogP contribution >= 0.6 is 0 Å². The fourth-order valence-corrected chi connectivity index (χ4v) is 1.01. The normalized spacial score (nSPS) is 10.8. The van der Waals surface area contributed by atoms with Gasteiger partial charge in [0.25, 0.3) is 5.69 Å². The molecule has 0 radical (unpaired) electrons. The number of nitrogens with one attached hydrogen (secondary N) is 1. The van der Waals surface area contributed by atoms with E-state index in [0.717, 1.165) is 11.5 Å². The van der Waals surface area contributed by atoms with Crippen LogP contribution < -0.4 is 10.3 Å². The minimum absolute atomic E-state index is 0.481. The van der Waals surface area contributed by atoms with Crippen molar-refractivity contribution in [3.8, 4) is 5.75 Å². The van der Waals surface area contributed by atoms with Crippen molar-refractivity contribution in [1.29, 1.82) is 0 Å². The van der Waals surface area contributed by atoms with Gasteiger partial charge in [0.15, 0.2) is 0 Å². The first-order chi connectivity index (χ1) is 9.12. The van der Waals surface area contributed by atoms with Crippen LogP contribution in [0.2, 0.25) is 0 Å². The van der Waals surface area contributed by atoms with E-state index in [4.69, 9.17) is 0 Å². The second-order valence-corrected chi connectivity index (χ2v) is 3.20.